The van der Waals surface area contributed by atoms with Crippen molar-refractivity contribution in [3.8, 4) is 6.07 Å². The fourth-order valence-corrected chi connectivity index (χ4v) is 2.52. The molecule has 0 aromatic heterocycles. The molecule has 1 saturated carbocycles. The van der Waals surface area contributed by atoms with Gasteiger partial charge >= 0.3 is 0 Å². The van der Waals surface area contributed by atoms with Crippen LogP contribution in [-0.4, -0.2) is 18.4 Å². The summed E-state index contributed by atoms with van der Waals surface area (Å²) in [4.78, 5) is 22.7. The molecule has 0 unspecified atom stereocenters. The highest BCUT2D eigenvalue weighted by atomic mass is 16.2. The first-order valence-corrected chi connectivity index (χ1v) is 7.08. The summed E-state index contributed by atoms with van der Waals surface area (Å²) in [6, 6.07) is 2.23. The number of amides is 2. The Morgan fingerprint density at radius 2 is 1.79 bits per heavy atom. The molecule has 2 amide bonds. The van der Waals surface area contributed by atoms with Crippen LogP contribution < -0.4 is 11.1 Å². The summed E-state index contributed by atoms with van der Waals surface area (Å²) in [6.45, 7) is 0.509. The molecule has 0 saturated heterocycles. The standard InChI is InChI=1S/C14H23N3O2/c15-11-14(8-4-1-2-5-9-14)13(19)17-10-6-3-7-12(16)18/h1-10H2,(H2,16,18)(H,17,19). The minimum atomic E-state index is -0.833. The van der Waals surface area contributed by atoms with E-state index in [2.05, 4.69) is 11.4 Å². The molecule has 19 heavy (non-hydrogen) atoms. The quantitative estimate of drug-likeness (QED) is 0.564. The summed E-state index contributed by atoms with van der Waals surface area (Å²) in [5, 5.41) is 12.2. The molecule has 0 radical (unpaired) electrons. The van der Waals surface area contributed by atoms with Crippen molar-refractivity contribution in [2.45, 2.75) is 57.8 Å². The van der Waals surface area contributed by atoms with Crippen molar-refractivity contribution in [2.24, 2.45) is 11.1 Å². The van der Waals surface area contributed by atoms with Gasteiger partial charge in [-0.1, -0.05) is 25.7 Å². The molecule has 3 N–H and O–H groups in total. The minimum Gasteiger partial charge on any atom is -0.370 e. The second-order valence-electron chi connectivity index (χ2n) is 5.29. The van der Waals surface area contributed by atoms with Crippen molar-refractivity contribution in [1.29, 1.82) is 5.26 Å². The Kier molecular flexibility index (Phi) is 6.34. The number of unbranched alkanes of at least 4 members (excludes halogenated alkanes) is 1. The van der Waals surface area contributed by atoms with Gasteiger partial charge in [0.1, 0.15) is 5.41 Å². The molecule has 0 aromatic carbocycles. The molecule has 106 valence electrons. The van der Waals surface area contributed by atoms with Crippen LogP contribution in [0.3, 0.4) is 0 Å². The lowest BCUT2D eigenvalue weighted by molar-refractivity contribution is -0.128. The molecule has 0 aliphatic heterocycles. The predicted molar refractivity (Wildman–Crippen MR) is 71.8 cm³/mol. The van der Waals surface area contributed by atoms with Gasteiger partial charge in [-0.2, -0.15) is 5.26 Å². The van der Waals surface area contributed by atoms with Gasteiger partial charge in [0.25, 0.3) is 0 Å². The van der Waals surface area contributed by atoms with Gasteiger partial charge in [-0.15, -0.1) is 0 Å². The Labute approximate surface area is 114 Å². The number of nitrogens with one attached hydrogen (secondary N) is 1. The van der Waals surface area contributed by atoms with Crippen molar-refractivity contribution < 1.29 is 9.59 Å². The van der Waals surface area contributed by atoms with Crippen LogP contribution in [0.4, 0.5) is 0 Å². The molecular weight excluding hydrogens is 242 g/mol. The van der Waals surface area contributed by atoms with Gasteiger partial charge in [0, 0.05) is 13.0 Å². The fraction of sp³-hybridized carbons (Fsp3) is 0.786. The van der Waals surface area contributed by atoms with E-state index >= 15 is 0 Å². The smallest absolute Gasteiger partial charge is 0.240 e. The third-order valence-electron chi connectivity index (χ3n) is 3.74. The highest BCUT2D eigenvalue weighted by molar-refractivity contribution is 5.85. The Morgan fingerprint density at radius 1 is 1.16 bits per heavy atom. The third kappa shape index (κ3) is 4.90. The summed E-state index contributed by atoms with van der Waals surface area (Å²) in [6.07, 6.45) is 7.17. The first kappa shape index (κ1) is 15.5. The van der Waals surface area contributed by atoms with Crippen LogP contribution in [0.5, 0.6) is 0 Å². The number of rotatable bonds is 6. The third-order valence-corrected chi connectivity index (χ3v) is 3.74. The minimum absolute atomic E-state index is 0.143. The molecule has 1 rings (SSSR count). The molecule has 1 fully saturated rings. The van der Waals surface area contributed by atoms with Crippen molar-refractivity contribution in [1.82, 2.24) is 5.32 Å². The van der Waals surface area contributed by atoms with Crippen molar-refractivity contribution in [2.75, 3.05) is 6.54 Å². The molecule has 0 heterocycles. The van der Waals surface area contributed by atoms with Crippen LogP contribution in [0.25, 0.3) is 0 Å². The molecule has 5 nitrogen and oxygen atoms in total. The molecular formula is C14H23N3O2. The van der Waals surface area contributed by atoms with E-state index in [-0.39, 0.29) is 11.8 Å². The van der Waals surface area contributed by atoms with Crippen LogP contribution in [0.1, 0.15) is 57.8 Å². The Hall–Kier alpha value is -1.57. The lowest BCUT2D eigenvalue weighted by Gasteiger charge is -2.23. The Bertz CT molecular complexity index is 352. The summed E-state index contributed by atoms with van der Waals surface area (Å²) >= 11 is 0. The highest BCUT2D eigenvalue weighted by Gasteiger charge is 2.38. The normalized spacial score (nSPS) is 18.1. The number of hydrogen-bond donors (Lipinski definition) is 2. The van der Waals surface area contributed by atoms with Gasteiger partial charge in [-0.25, -0.2) is 0 Å². The molecule has 0 aromatic rings. The molecule has 0 atom stereocenters. The highest BCUT2D eigenvalue weighted by Crippen LogP contribution is 2.34. The van der Waals surface area contributed by atoms with Gasteiger partial charge in [-0.05, 0) is 25.7 Å². The Balaban J connectivity index is 2.37. The van der Waals surface area contributed by atoms with Crippen molar-refractivity contribution in [3.63, 3.8) is 0 Å². The Morgan fingerprint density at radius 3 is 2.32 bits per heavy atom. The SMILES string of the molecule is N#CC1(C(=O)NCCCCC(N)=O)CCCCCC1. The zero-order valence-electron chi connectivity index (χ0n) is 11.4. The predicted octanol–water partition coefficient (Wildman–Crippen LogP) is 1.62. The summed E-state index contributed by atoms with van der Waals surface area (Å²) in [5.74, 6) is -0.459. The second-order valence-corrected chi connectivity index (χ2v) is 5.29. The van der Waals surface area contributed by atoms with Gasteiger partial charge in [0.2, 0.25) is 11.8 Å². The first-order chi connectivity index (χ1) is 9.10. The second kappa shape index (κ2) is 7.78. The number of carbonyl (C=O) groups is 2. The van der Waals surface area contributed by atoms with E-state index in [0.717, 1.165) is 32.1 Å². The van der Waals surface area contributed by atoms with E-state index in [0.29, 0.717) is 32.2 Å². The maximum atomic E-state index is 12.2. The van der Waals surface area contributed by atoms with E-state index in [1.807, 2.05) is 0 Å². The average molecular weight is 265 g/mol. The number of nitrogens with zero attached hydrogens (tertiary/aromatic N) is 1. The van der Waals surface area contributed by atoms with Crippen LogP contribution >= 0.6 is 0 Å². The average Bonchev–Trinajstić information content (AvgIpc) is 2.64. The van der Waals surface area contributed by atoms with Gasteiger partial charge in [0.15, 0.2) is 0 Å². The topological polar surface area (TPSA) is 96.0 Å². The van der Waals surface area contributed by atoms with Crippen LogP contribution in [0.15, 0.2) is 0 Å². The summed E-state index contributed by atoms with van der Waals surface area (Å²) < 4.78 is 0. The van der Waals surface area contributed by atoms with Crippen LogP contribution in [0.2, 0.25) is 0 Å². The number of primary amides is 1. The summed E-state index contributed by atoms with van der Waals surface area (Å²) in [5.41, 5.74) is 4.21. The van der Waals surface area contributed by atoms with E-state index in [1.54, 1.807) is 0 Å². The maximum absolute atomic E-state index is 12.2. The molecule has 0 bridgehead atoms. The van der Waals surface area contributed by atoms with E-state index < -0.39 is 5.41 Å². The van der Waals surface area contributed by atoms with Crippen molar-refractivity contribution >= 4 is 11.8 Å². The zero-order valence-corrected chi connectivity index (χ0v) is 11.4. The van der Waals surface area contributed by atoms with Crippen LogP contribution in [0, 0.1) is 16.7 Å². The van der Waals surface area contributed by atoms with Crippen LogP contribution in [-0.2, 0) is 9.59 Å². The lowest BCUT2D eigenvalue weighted by Crippen LogP contribution is -2.40. The van der Waals surface area contributed by atoms with Crippen molar-refractivity contribution in [3.05, 3.63) is 0 Å². The van der Waals surface area contributed by atoms with E-state index in [9.17, 15) is 14.9 Å². The van der Waals surface area contributed by atoms with E-state index in [1.165, 1.54) is 0 Å². The molecule has 0 spiro atoms. The molecule has 1 aliphatic carbocycles. The largest absolute Gasteiger partial charge is 0.370 e. The zero-order chi connectivity index (χ0) is 14.1. The number of nitrogens with two attached hydrogens (primary N) is 1. The fourth-order valence-electron chi connectivity index (χ4n) is 2.52. The number of carbonyl (C=O) groups excluding carboxylic acids is 2. The molecule has 1 aliphatic rings. The maximum Gasteiger partial charge on any atom is 0.240 e. The van der Waals surface area contributed by atoms with E-state index in [4.69, 9.17) is 5.73 Å². The van der Waals surface area contributed by atoms with Gasteiger partial charge < -0.3 is 11.1 Å². The molecule has 5 heteroatoms. The van der Waals surface area contributed by atoms with Gasteiger partial charge in [-0.3, -0.25) is 9.59 Å². The van der Waals surface area contributed by atoms with Gasteiger partial charge in [0.05, 0.1) is 6.07 Å². The number of nitriles is 1. The lowest BCUT2D eigenvalue weighted by atomic mass is 9.81. The first-order valence-electron chi connectivity index (χ1n) is 7.08. The summed E-state index contributed by atoms with van der Waals surface area (Å²) in [7, 11) is 0. The number of hydrogen-bond acceptors (Lipinski definition) is 3. The monoisotopic (exact) mass is 265 g/mol.